The predicted octanol–water partition coefficient (Wildman–Crippen LogP) is 2.76. The van der Waals surface area contributed by atoms with Crippen molar-refractivity contribution in [2.45, 2.75) is 19.3 Å². The summed E-state index contributed by atoms with van der Waals surface area (Å²) in [5.41, 5.74) is 2.25. The SMILES string of the molecule is C=CC(=O)N1CCC(C(=O)N2CCc3c(Br)cccc32)CC1. The number of piperidine rings is 1. The Morgan fingerprint density at radius 3 is 2.64 bits per heavy atom. The number of halogens is 1. The number of hydrogen-bond acceptors (Lipinski definition) is 2. The van der Waals surface area contributed by atoms with Crippen LogP contribution in [0.5, 0.6) is 0 Å². The Balaban J connectivity index is 1.69. The van der Waals surface area contributed by atoms with Crippen molar-refractivity contribution in [1.29, 1.82) is 0 Å². The molecule has 116 valence electrons. The number of carbonyl (C=O) groups is 2. The maximum atomic E-state index is 12.8. The standard InChI is InChI=1S/C17H19BrN2O2/c1-2-16(21)19-9-6-12(7-10-19)17(22)20-11-8-13-14(18)4-3-5-15(13)20/h2-5,12H,1,6-11H2. The van der Waals surface area contributed by atoms with Gasteiger partial charge in [-0.1, -0.05) is 28.6 Å². The number of carbonyl (C=O) groups excluding carboxylic acids is 2. The Hall–Kier alpha value is -1.62. The van der Waals surface area contributed by atoms with Crippen molar-refractivity contribution in [3.63, 3.8) is 0 Å². The molecule has 0 N–H and O–H groups in total. The molecule has 5 heteroatoms. The summed E-state index contributed by atoms with van der Waals surface area (Å²) in [4.78, 5) is 28.1. The summed E-state index contributed by atoms with van der Waals surface area (Å²) in [6, 6.07) is 6.01. The summed E-state index contributed by atoms with van der Waals surface area (Å²) >= 11 is 3.56. The first-order chi connectivity index (χ1) is 10.6. The van der Waals surface area contributed by atoms with E-state index in [2.05, 4.69) is 22.5 Å². The van der Waals surface area contributed by atoms with Gasteiger partial charge in [0.1, 0.15) is 0 Å². The molecule has 1 fully saturated rings. The van der Waals surface area contributed by atoms with Gasteiger partial charge in [-0.25, -0.2) is 0 Å². The van der Waals surface area contributed by atoms with Gasteiger partial charge in [0.05, 0.1) is 0 Å². The Bertz CT molecular complexity index is 621. The van der Waals surface area contributed by atoms with Crippen LogP contribution in [0.4, 0.5) is 5.69 Å². The molecule has 1 aromatic carbocycles. The summed E-state index contributed by atoms with van der Waals surface area (Å²) in [5, 5.41) is 0. The average Bonchev–Trinajstić information content (AvgIpc) is 2.99. The number of fused-ring (bicyclic) bond motifs is 1. The molecule has 3 rings (SSSR count). The van der Waals surface area contributed by atoms with E-state index in [-0.39, 0.29) is 17.7 Å². The van der Waals surface area contributed by atoms with E-state index in [1.54, 1.807) is 4.90 Å². The first-order valence-corrected chi connectivity index (χ1v) is 8.41. The van der Waals surface area contributed by atoms with E-state index >= 15 is 0 Å². The quantitative estimate of drug-likeness (QED) is 0.759. The highest BCUT2D eigenvalue weighted by atomic mass is 79.9. The van der Waals surface area contributed by atoms with Crippen LogP contribution in [0.15, 0.2) is 35.3 Å². The van der Waals surface area contributed by atoms with E-state index in [0.29, 0.717) is 13.1 Å². The summed E-state index contributed by atoms with van der Waals surface area (Å²) in [5.74, 6) is 0.169. The molecule has 0 aromatic heterocycles. The summed E-state index contributed by atoms with van der Waals surface area (Å²) in [6.07, 6.45) is 3.71. The lowest BCUT2D eigenvalue weighted by Gasteiger charge is -2.32. The fourth-order valence-electron chi connectivity index (χ4n) is 3.32. The Morgan fingerprint density at radius 2 is 1.95 bits per heavy atom. The van der Waals surface area contributed by atoms with Gasteiger partial charge in [-0.05, 0) is 43.0 Å². The average molecular weight is 363 g/mol. The van der Waals surface area contributed by atoms with E-state index in [4.69, 9.17) is 0 Å². The largest absolute Gasteiger partial charge is 0.339 e. The Labute approximate surface area is 138 Å². The number of amides is 2. The molecule has 1 aromatic rings. The second-order valence-corrected chi connectivity index (χ2v) is 6.64. The van der Waals surface area contributed by atoms with Gasteiger partial charge in [0.2, 0.25) is 11.8 Å². The van der Waals surface area contributed by atoms with E-state index in [1.165, 1.54) is 11.6 Å². The molecule has 0 saturated carbocycles. The molecule has 0 unspecified atom stereocenters. The predicted molar refractivity (Wildman–Crippen MR) is 89.7 cm³/mol. The minimum atomic E-state index is -0.0404. The minimum Gasteiger partial charge on any atom is -0.339 e. The van der Waals surface area contributed by atoms with Crippen LogP contribution < -0.4 is 4.90 Å². The lowest BCUT2D eigenvalue weighted by Crippen LogP contribution is -2.43. The van der Waals surface area contributed by atoms with Crippen molar-refractivity contribution in [3.05, 3.63) is 40.9 Å². The van der Waals surface area contributed by atoms with Crippen molar-refractivity contribution in [1.82, 2.24) is 4.90 Å². The molecule has 22 heavy (non-hydrogen) atoms. The molecular weight excluding hydrogens is 344 g/mol. The molecule has 2 aliphatic heterocycles. The first-order valence-electron chi connectivity index (χ1n) is 7.62. The highest BCUT2D eigenvalue weighted by Crippen LogP contribution is 2.35. The molecule has 4 nitrogen and oxygen atoms in total. The molecule has 0 atom stereocenters. The topological polar surface area (TPSA) is 40.6 Å². The van der Waals surface area contributed by atoms with Gasteiger partial charge in [-0.3, -0.25) is 9.59 Å². The van der Waals surface area contributed by atoms with E-state index in [9.17, 15) is 9.59 Å². The highest BCUT2D eigenvalue weighted by molar-refractivity contribution is 9.10. The van der Waals surface area contributed by atoms with E-state index in [1.807, 2.05) is 23.1 Å². The Morgan fingerprint density at radius 1 is 1.23 bits per heavy atom. The van der Waals surface area contributed by atoms with Gasteiger partial charge < -0.3 is 9.80 Å². The molecule has 0 radical (unpaired) electrons. The second kappa shape index (κ2) is 6.24. The molecule has 0 bridgehead atoms. The smallest absolute Gasteiger partial charge is 0.245 e. The zero-order chi connectivity index (χ0) is 15.7. The maximum absolute atomic E-state index is 12.8. The highest BCUT2D eigenvalue weighted by Gasteiger charge is 2.33. The normalized spacial score (nSPS) is 18.2. The fourth-order valence-corrected chi connectivity index (χ4v) is 3.87. The van der Waals surface area contributed by atoms with Gasteiger partial charge in [-0.2, -0.15) is 0 Å². The molecule has 2 amide bonds. The third-order valence-electron chi connectivity index (χ3n) is 4.57. The van der Waals surface area contributed by atoms with E-state index < -0.39 is 0 Å². The fraction of sp³-hybridized carbons (Fsp3) is 0.412. The zero-order valence-corrected chi connectivity index (χ0v) is 14.0. The molecule has 0 spiro atoms. The summed E-state index contributed by atoms with van der Waals surface area (Å²) < 4.78 is 1.08. The van der Waals surface area contributed by atoms with Crippen LogP contribution in [0.25, 0.3) is 0 Å². The van der Waals surface area contributed by atoms with Crippen molar-refractivity contribution >= 4 is 33.4 Å². The molecule has 0 aliphatic carbocycles. The van der Waals surface area contributed by atoms with Gasteiger partial charge in [0.25, 0.3) is 0 Å². The summed E-state index contributed by atoms with van der Waals surface area (Å²) in [7, 11) is 0. The van der Waals surface area contributed by atoms with Gasteiger partial charge in [-0.15, -0.1) is 0 Å². The van der Waals surface area contributed by atoms with Crippen molar-refractivity contribution < 1.29 is 9.59 Å². The van der Waals surface area contributed by atoms with Crippen LogP contribution >= 0.6 is 15.9 Å². The molecule has 2 aliphatic rings. The third-order valence-corrected chi connectivity index (χ3v) is 5.31. The van der Waals surface area contributed by atoms with Crippen LogP contribution in [-0.4, -0.2) is 36.3 Å². The minimum absolute atomic E-state index is 0.0128. The lowest BCUT2D eigenvalue weighted by molar-refractivity contribution is -0.130. The van der Waals surface area contributed by atoms with Crippen LogP contribution in [0, 0.1) is 5.92 Å². The van der Waals surface area contributed by atoms with Gasteiger partial charge in [0.15, 0.2) is 0 Å². The van der Waals surface area contributed by atoms with Crippen LogP contribution in [0.2, 0.25) is 0 Å². The maximum Gasteiger partial charge on any atom is 0.245 e. The van der Waals surface area contributed by atoms with E-state index in [0.717, 1.165) is 36.0 Å². The van der Waals surface area contributed by atoms with Gasteiger partial charge >= 0.3 is 0 Å². The second-order valence-electron chi connectivity index (χ2n) is 5.78. The van der Waals surface area contributed by atoms with Gasteiger partial charge in [0, 0.05) is 35.7 Å². The van der Waals surface area contributed by atoms with Crippen LogP contribution in [0.3, 0.4) is 0 Å². The Kier molecular flexibility index (Phi) is 4.34. The number of nitrogens with zero attached hydrogens (tertiary/aromatic N) is 2. The van der Waals surface area contributed by atoms with Crippen molar-refractivity contribution in [3.8, 4) is 0 Å². The molecule has 1 saturated heterocycles. The number of anilines is 1. The van der Waals surface area contributed by atoms with Crippen LogP contribution in [0.1, 0.15) is 18.4 Å². The summed E-state index contributed by atoms with van der Waals surface area (Å²) in [6.45, 7) is 5.55. The third kappa shape index (κ3) is 2.70. The number of likely N-dealkylation sites (tertiary alicyclic amines) is 1. The van der Waals surface area contributed by atoms with Crippen molar-refractivity contribution in [2.75, 3.05) is 24.5 Å². The number of rotatable bonds is 2. The van der Waals surface area contributed by atoms with Crippen LogP contribution in [-0.2, 0) is 16.0 Å². The number of benzene rings is 1. The van der Waals surface area contributed by atoms with Crippen molar-refractivity contribution in [2.24, 2.45) is 5.92 Å². The lowest BCUT2D eigenvalue weighted by atomic mass is 9.95. The monoisotopic (exact) mass is 362 g/mol. The first kappa shape index (κ1) is 15.3. The molecule has 2 heterocycles. The zero-order valence-electron chi connectivity index (χ0n) is 12.4. The number of hydrogen-bond donors (Lipinski definition) is 0. The molecular formula is C17H19BrN2O2.